The summed E-state index contributed by atoms with van der Waals surface area (Å²) in [5.41, 5.74) is 17.1. The highest BCUT2D eigenvalue weighted by Gasteiger charge is 2.41. The van der Waals surface area contributed by atoms with Crippen LogP contribution in [0.3, 0.4) is 0 Å². The summed E-state index contributed by atoms with van der Waals surface area (Å²) in [6, 6.07) is 6.65. The van der Waals surface area contributed by atoms with Gasteiger partial charge in [-0.1, -0.05) is 33.8 Å². The molecule has 356 valence electrons. The third-order valence-electron chi connectivity index (χ3n) is 13.8. The number of carbonyl (C=O) groups is 4. The van der Waals surface area contributed by atoms with Crippen molar-refractivity contribution in [2.45, 2.75) is 117 Å². The minimum absolute atomic E-state index is 0.271. The van der Waals surface area contributed by atoms with Crippen LogP contribution < -0.4 is 16.2 Å². The molecule has 7 heterocycles. The maximum absolute atomic E-state index is 17.1. The van der Waals surface area contributed by atoms with Crippen LogP contribution in [0.5, 0.6) is 5.75 Å². The number of halogens is 1. The van der Waals surface area contributed by atoms with Crippen LogP contribution >= 0.6 is 11.3 Å². The van der Waals surface area contributed by atoms with Gasteiger partial charge in [0.25, 0.3) is 11.8 Å². The Bertz CT molecular complexity index is 2990. The number of ether oxygens (including phenoxy) is 3. The number of nitrogens with two attached hydrogens (primary N) is 2. The van der Waals surface area contributed by atoms with Gasteiger partial charge in [0, 0.05) is 41.7 Å². The van der Waals surface area contributed by atoms with E-state index in [-0.39, 0.29) is 29.7 Å². The smallest absolute Gasteiger partial charge is 0.405 e. The summed E-state index contributed by atoms with van der Waals surface area (Å²) >= 11 is 1.62. The molecule has 19 heteroatoms. The van der Waals surface area contributed by atoms with Crippen molar-refractivity contribution in [2.24, 2.45) is 23.3 Å². The molecule has 0 radical (unpaired) electrons. The monoisotopic (exact) mass is 946 g/mol. The van der Waals surface area contributed by atoms with E-state index in [2.05, 4.69) is 19.5 Å². The number of primary amides is 2. The van der Waals surface area contributed by atoms with Gasteiger partial charge in [-0.2, -0.15) is 0 Å². The molecule has 0 spiro atoms. The largest absolute Gasteiger partial charge is 0.464 e. The molecule has 6 aromatic rings. The van der Waals surface area contributed by atoms with Crippen molar-refractivity contribution < 1.29 is 37.8 Å². The van der Waals surface area contributed by atoms with E-state index in [1.165, 1.54) is 6.07 Å². The van der Waals surface area contributed by atoms with Gasteiger partial charge in [-0.05, 0) is 93.5 Å². The van der Waals surface area contributed by atoms with Crippen LogP contribution in [0.1, 0.15) is 123 Å². The molecule has 4 amide bonds. The number of benzene rings is 2. The first-order chi connectivity index (χ1) is 32.6. The Morgan fingerprint density at radius 2 is 1.38 bits per heavy atom. The summed E-state index contributed by atoms with van der Waals surface area (Å²) in [6.45, 7) is 12.2. The summed E-state index contributed by atoms with van der Waals surface area (Å²) in [5, 5.41) is 2.01. The van der Waals surface area contributed by atoms with Gasteiger partial charge < -0.3 is 45.4 Å². The molecule has 68 heavy (non-hydrogen) atoms. The van der Waals surface area contributed by atoms with Gasteiger partial charge in [-0.25, -0.2) is 28.9 Å². The number of nitrogens with one attached hydrogen (secondary N) is 2. The number of nitrogens with zero attached hydrogens (tertiary/aromatic N) is 6. The Morgan fingerprint density at radius 1 is 0.794 bits per heavy atom. The lowest BCUT2D eigenvalue weighted by atomic mass is 9.97. The van der Waals surface area contributed by atoms with Crippen LogP contribution in [0.2, 0.25) is 0 Å². The van der Waals surface area contributed by atoms with Crippen LogP contribution in [-0.2, 0) is 19.1 Å². The highest BCUT2D eigenvalue weighted by atomic mass is 32.1. The van der Waals surface area contributed by atoms with Gasteiger partial charge >= 0.3 is 12.2 Å². The number of rotatable bonds is 12. The second-order valence-electron chi connectivity index (χ2n) is 19.1. The number of likely N-dealkylation sites (tertiary alicyclic amines) is 2. The standard InChI is InChI=1S/C49H55FN10O7S/c1-22(2)40(66-48(51)63)45(61)58-15-7-9-33(58)42-53-19-30(56-42)27-17-29(50)38-35(18-27)65-47(36-21-55-44(68-36)26-11-12-26)60-32-14-13-28(24(5)37(32)25(6)39(38)60)31-20-54-43(57-31)34-10-8-16-59(34)46(62)41(23(3)4)67-49(52)64/h13-14,17-23,26,33-34,40-41,47H,7-12,15-16H2,1-6H3,(H2,51,63)(H2,52,64)(H,53,56)(H,54,57)/t33-,34?,40?,41?,47-/m0/s1. The molecule has 3 fully saturated rings. The van der Waals surface area contributed by atoms with Gasteiger partial charge in [0.15, 0.2) is 12.2 Å². The van der Waals surface area contributed by atoms with Gasteiger partial charge in [-0.15, -0.1) is 11.3 Å². The molecule has 5 atom stereocenters. The Hall–Kier alpha value is -6.76. The Kier molecular flexibility index (Phi) is 11.5. The lowest BCUT2D eigenvalue weighted by molar-refractivity contribution is -0.144. The highest BCUT2D eigenvalue weighted by Crippen LogP contribution is 2.52. The highest BCUT2D eigenvalue weighted by molar-refractivity contribution is 7.11. The fourth-order valence-electron chi connectivity index (χ4n) is 10.4. The molecular weight excluding hydrogens is 892 g/mol. The molecule has 10 rings (SSSR count). The van der Waals surface area contributed by atoms with E-state index in [1.807, 2.05) is 52.1 Å². The number of carbonyl (C=O) groups excluding carboxylic acids is 4. The van der Waals surface area contributed by atoms with Crippen molar-refractivity contribution in [3.8, 4) is 39.5 Å². The predicted molar refractivity (Wildman–Crippen MR) is 251 cm³/mol. The van der Waals surface area contributed by atoms with E-state index >= 15 is 4.39 Å². The number of H-pyrrole nitrogens is 2. The second-order valence-corrected chi connectivity index (χ2v) is 20.2. The molecule has 0 bridgehead atoms. The number of hydrogen-bond donors (Lipinski definition) is 4. The van der Waals surface area contributed by atoms with E-state index in [0.717, 1.165) is 68.9 Å². The molecule has 4 aliphatic rings. The molecule has 6 N–H and O–H groups in total. The Balaban J connectivity index is 1.01. The maximum Gasteiger partial charge on any atom is 0.405 e. The molecule has 3 aliphatic heterocycles. The quantitative estimate of drug-likeness (QED) is 0.0912. The van der Waals surface area contributed by atoms with E-state index in [9.17, 15) is 19.2 Å². The molecule has 1 aliphatic carbocycles. The average molecular weight is 947 g/mol. The number of aromatic nitrogens is 6. The number of aromatic amines is 2. The molecule has 2 aromatic carbocycles. The van der Waals surface area contributed by atoms with Crippen LogP contribution in [0.25, 0.3) is 44.7 Å². The zero-order valence-corrected chi connectivity index (χ0v) is 39.6. The minimum Gasteiger partial charge on any atom is -0.464 e. The Labute approximate surface area is 395 Å². The van der Waals surface area contributed by atoms with Crippen LogP contribution in [0.15, 0.2) is 42.9 Å². The number of fused-ring (bicyclic) bond motifs is 5. The van der Waals surface area contributed by atoms with E-state index < -0.39 is 42.5 Å². The predicted octanol–water partition coefficient (Wildman–Crippen LogP) is 8.68. The Morgan fingerprint density at radius 3 is 1.96 bits per heavy atom. The van der Waals surface area contributed by atoms with Crippen molar-refractivity contribution in [3.63, 3.8) is 0 Å². The van der Waals surface area contributed by atoms with Crippen molar-refractivity contribution >= 4 is 46.2 Å². The molecular formula is C49H55FN10O7S. The fourth-order valence-corrected chi connectivity index (χ4v) is 11.5. The van der Waals surface area contributed by atoms with E-state index in [1.54, 1.807) is 47.4 Å². The first kappa shape index (κ1) is 45.0. The topological polar surface area (TPSA) is 230 Å². The summed E-state index contributed by atoms with van der Waals surface area (Å²) in [5.74, 6) is 0.288. The van der Waals surface area contributed by atoms with Crippen molar-refractivity contribution in [3.05, 3.63) is 81.3 Å². The van der Waals surface area contributed by atoms with Crippen molar-refractivity contribution in [2.75, 3.05) is 13.1 Å². The molecule has 4 aromatic heterocycles. The van der Waals surface area contributed by atoms with Gasteiger partial charge in [-0.3, -0.25) is 14.2 Å². The van der Waals surface area contributed by atoms with Gasteiger partial charge in [0.1, 0.15) is 23.2 Å². The first-order valence-corrected chi connectivity index (χ1v) is 24.1. The second kappa shape index (κ2) is 17.4. The summed E-state index contributed by atoms with van der Waals surface area (Å²) in [4.78, 5) is 76.2. The zero-order valence-electron chi connectivity index (χ0n) is 38.8. The van der Waals surface area contributed by atoms with Gasteiger partial charge in [0.05, 0.1) is 62.5 Å². The van der Waals surface area contributed by atoms with E-state index in [4.69, 9.17) is 35.6 Å². The summed E-state index contributed by atoms with van der Waals surface area (Å²) < 4.78 is 36.6. The number of amides is 4. The molecule has 1 saturated carbocycles. The summed E-state index contributed by atoms with van der Waals surface area (Å²) in [7, 11) is 0. The maximum atomic E-state index is 17.1. The lowest BCUT2D eigenvalue weighted by Gasteiger charge is -2.30. The third kappa shape index (κ3) is 7.83. The number of aryl methyl sites for hydroxylation is 2. The van der Waals surface area contributed by atoms with Crippen molar-refractivity contribution in [1.82, 2.24) is 39.3 Å². The molecule has 17 nitrogen and oxygen atoms in total. The van der Waals surface area contributed by atoms with Crippen LogP contribution in [0, 0.1) is 31.5 Å². The summed E-state index contributed by atoms with van der Waals surface area (Å²) in [6.07, 6.45) is 5.62. The first-order valence-electron chi connectivity index (χ1n) is 23.3. The molecule has 2 saturated heterocycles. The normalized spacial score (nSPS) is 19.9. The van der Waals surface area contributed by atoms with E-state index in [0.29, 0.717) is 71.8 Å². The number of thiazole rings is 1. The van der Waals surface area contributed by atoms with Crippen molar-refractivity contribution in [1.29, 1.82) is 0 Å². The van der Waals surface area contributed by atoms with Gasteiger partial charge in [0.2, 0.25) is 6.23 Å². The minimum atomic E-state index is -1.03. The zero-order chi connectivity index (χ0) is 47.9. The van der Waals surface area contributed by atoms with Crippen LogP contribution in [-0.4, -0.2) is 88.6 Å². The molecule has 3 unspecified atom stereocenters. The average Bonchev–Trinajstić information content (AvgIpc) is 4.00. The number of hydrogen-bond acceptors (Lipinski definition) is 11. The van der Waals surface area contributed by atoms with Crippen LogP contribution in [0.4, 0.5) is 14.0 Å². The fraction of sp³-hybridized carbons (Fsp3) is 0.449. The number of imidazole rings is 2. The SMILES string of the molecule is Cc1c(-c2cnc(C3CCCN3C(=O)C(OC(N)=O)C(C)C)[nH]2)ccc2c1c(C)c1n2[C@H](c2cnc(C3CC3)s2)Oc2cc(-c3cnc([C@@H]4CCCN4C(=O)C(OC(N)=O)C(C)C)[nH]3)cc(F)c2-1. The lowest BCUT2D eigenvalue weighted by Crippen LogP contribution is -2.44. The third-order valence-corrected chi connectivity index (χ3v) is 15.0.